The van der Waals surface area contributed by atoms with Crippen molar-refractivity contribution in [1.82, 2.24) is 10.3 Å². The summed E-state index contributed by atoms with van der Waals surface area (Å²) in [6, 6.07) is 0.297. The van der Waals surface area contributed by atoms with Crippen LogP contribution in [0.5, 0.6) is 0 Å². The van der Waals surface area contributed by atoms with Gasteiger partial charge in [0, 0.05) is 11.8 Å². The number of carboxylic acid groups (broad SMARTS) is 1. The van der Waals surface area contributed by atoms with Crippen LogP contribution in [-0.4, -0.2) is 27.8 Å². The van der Waals surface area contributed by atoms with Gasteiger partial charge in [0.15, 0.2) is 0 Å². The van der Waals surface area contributed by atoms with Crippen LogP contribution in [0.3, 0.4) is 0 Å². The molecule has 0 saturated carbocycles. The standard InChI is InChI=1S/C13H17FN2O4/c1-13(2,3)20-12(19)16-10(6-11(17)18)8-4-5-15-7-9(8)14/h4-5,7,10H,6H2,1-3H3,(H,16,19)(H,17,18)/t10-/m1/s1. The summed E-state index contributed by atoms with van der Waals surface area (Å²) in [6.07, 6.45) is 1.02. The summed E-state index contributed by atoms with van der Waals surface area (Å²) in [5, 5.41) is 11.2. The Labute approximate surface area is 116 Å². The number of alkyl carbamates (subject to hydrolysis) is 1. The second kappa shape index (κ2) is 6.31. The van der Waals surface area contributed by atoms with Crippen LogP contribution in [0, 0.1) is 5.82 Å². The van der Waals surface area contributed by atoms with E-state index in [1.165, 1.54) is 12.3 Å². The zero-order chi connectivity index (χ0) is 15.3. The van der Waals surface area contributed by atoms with Gasteiger partial charge in [0.1, 0.15) is 11.4 Å². The Hall–Kier alpha value is -2.18. The molecule has 0 bridgehead atoms. The third-order valence-electron chi connectivity index (χ3n) is 2.25. The lowest BCUT2D eigenvalue weighted by molar-refractivity contribution is -0.137. The first kappa shape index (κ1) is 15.9. The van der Waals surface area contributed by atoms with E-state index in [-0.39, 0.29) is 5.56 Å². The van der Waals surface area contributed by atoms with E-state index >= 15 is 0 Å². The zero-order valence-electron chi connectivity index (χ0n) is 11.5. The molecule has 0 radical (unpaired) electrons. The van der Waals surface area contributed by atoms with Crippen molar-refractivity contribution in [2.75, 3.05) is 0 Å². The molecule has 1 aromatic heterocycles. The van der Waals surface area contributed by atoms with Gasteiger partial charge in [0.2, 0.25) is 0 Å². The molecular formula is C13H17FN2O4. The minimum atomic E-state index is -1.16. The molecule has 1 rings (SSSR count). The third-order valence-corrected chi connectivity index (χ3v) is 2.25. The zero-order valence-corrected chi connectivity index (χ0v) is 11.5. The van der Waals surface area contributed by atoms with Crippen molar-refractivity contribution in [3.8, 4) is 0 Å². The van der Waals surface area contributed by atoms with E-state index in [9.17, 15) is 14.0 Å². The molecule has 110 valence electrons. The van der Waals surface area contributed by atoms with Crippen molar-refractivity contribution < 1.29 is 23.8 Å². The molecule has 0 unspecified atom stereocenters. The first-order valence-corrected chi connectivity index (χ1v) is 6.00. The van der Waals surface area contributed by atoms with Crippen molar-refractivity contribution in [2.45, 2.75) is 38.8 Å². The number of rotatable bonds is 4. The molecule has 0 saturated heterocycles. The predicted molar refractivity (Wildman–Crippen MR) is 68.6 cm³/mol. The van der Waals surface area contributed by atoms with Gasteiger partial charge in [-0.3, -0.25) is 9.78 Å². The van der Waals surface area contributed by atoms with Gasteiger partial charge in [-0.25, -0.2) is 9.18 Å². The van der Waals surface area contributed by atoms with Gasteiger partial charge in [0.25, 0.3) is 0 Å². The topological polar surface area (TPSA) is 88.5 Å². The largest absolute Gasteiger partial charge is 0.481 e. The summed E-state index contributed by atoms with van der Waals surface area (Å²) in [7, 11) is 0. The molecule has 0 aliphatic heterocycles. The van der Waals surface area contributed by atoms with Gasteiger partial charge < -0.3 is 15.2 Å². The summed E-state index contributed by atoms with van der Waals surface area (Å²) in [5.41, 5.74) is -0.678. The van der Waals surface area contributed by atoms with E-state index in [1.54, 1.807) is 20.8 Å². The van der Waals surface area contributed by atoms with Gasteiger partial charge in [-0.05, 0) is 26.8 Å². The Morgan fingerprint density at radius 1 is 1.50 bits per heavy atom. The minimum absolute atomic E-state index is 0.0493. The van der Waals surface area contributed by atoms with Crippen LogP contribution in [0.2, 0.25) is 0 Å². The average Bonchev–Trinajstić information content (AvgIpc) is 2.25. The lowest BCUT2D eigenvalue weighted by Crippen LogP contribution is -2.36. The molecule has 0 aromatic carbocycles. The average molecular weight is 284 g/mol. The highest BCUT2D eigenvalue weighted by molar-refractivity contribution is 5.72. The van der Waals surface area contributed by atoms with Gasteiger partial charge >= 0.3 is 12.1 Å². The number of aliphatic carboxylic acids is 1. The summed E-state index contributed by atoms with van der Waals surface area (Å²) < 4.78 is 18.7. The number of carboxylic acids is 1. The van der Waals surface area contributed by atoms with Crippen LogP contribution in [0.15, 0.2) is 18.5 Å². The van der Waals surface area contributed by atoms with Gasteiger partial charge in [-0.15, -0.1) is 0 Å². The predicted octanol–water partition coefficient (Wildman–Crippen LogP) is 2.26. The van der Waals surface area contributed by atoms with E-state index in [0.29, 0.717) is 0 Å². The number of carbonyl (C=O) groups is 2. The first-order chi connectivity index (χ1) is 9.19. The third kappa shape index (κ3) is 5.21. The van der Waals surface area contributed by atoms with Crippen molar-refractivity contribution in [2.24, 2.45) is 0 Å². The van der Waals surface area contributed by atoms with Crippen molar-refractivity contribution in [3.05, 3.63) is 29.8 Å². The number of ether oxygens (including phenoxy) is 1. The molecular weight excluding hydrogens is 267 g/mol. The Morgan fingerprint density at radius 2 is 2.15 bits per heavy atom. The molecule has 6 nitrogen and oxygen atoms in total. The van der Waals surface area contributed by atoms with Crippen molar-refractivity contribution in [3.63, 3.8) is 0 Å². The number of aromatic nitrogens is 1. The van der Waals surface area contributed by atoms with E-state index in [1.807, 2.05) is 0 Å². The first-order valence-electron chi connectivity index (χ1n) is 6.00. The fourth-order valence-corrected chi connectivity index (χ4v) is 1.53. The van der Waals surface area contributed by atoms with E-state index in [0.717, 1.165) is 6.20 Å². The van der Waals surface area contributed by atoms with E-state index in [2.05, 4.69) is 10.3 Å². The van der Waals surface area contributed by atoms with Crippen molar-refractivity contribution in [1.29, 1.82) is 0 Å². The minimum Gasteiger partial charge on any atom is -0.481 e. The van der Waals surface area contributed by atoms with E-state index < -0.39 is 35.9 Å². The van der Waals surface area contributed by atoms with Crippen molar-refractivity contribution >= 4 is 12.1 Å². The molecule has 0 aliphatic rings. The highest BCUT2D eigenvalue weighted by Crippen LogP contribution is 2.20. The normalized spacial score (nSPS) is 12.6. The Kier molecular flexibility index (Phi) is 5.01. The van der Waals surface area contributed by atoms with Crippen LogP contribution in [-0.2, 0) is 9.53 Å². The Morgan fingerprint density at radius 3 is 2.65 bits per heavy atom. The quantitative estimate of drug-likeness (QED) is 0.885. The van der Waals surface area contributed by atoms with Crippen LogP contribution < -0.4 is 5.32 Å². The maximum Gasteiger partial charge on any atom is 0.408 e. The number of hydrogen-bond donors (Lipinski definition) is 2. The van der Waals surface area contributed by atoms with Crippen LogP contribution in [0.25, 0.3) is 0 Å². The second-order valence-electron chi connectivity index (χ2n) is 5.19. The monoisotopic (exact) mass is 284 g/mol. The van der Waals surface area contributed by atoms with Crippen LogP contribution in [0.1, 0.15) is 38.8 Å². The molecule has 1 aromatic rings. The molecule has 1 atom stereocenters. The highest BCUT2D eigenvalue weighted by atomic mass is 19.1. The molecule has 0 spiro atoms. The van der Waals surface area contributed by atoms with Gasteiger partial charge in [-0.1, -0.05) is 0 Å². The highest BCUT2D eigenvalue weighted by Gasteiger charge is 2.24. The van der Waals surface area contributed by atoms with Gasteiger partial charge in [-0.2, -0.15) is 0 Å². The van der Waals surface area contributed by atoms with Crippen LogP contribution >= 0.6 is 0 Å². The molecule has 20 heavy (non-hydrogen) atoms. The number of nitrogens with one attached hydrogen (secondary N) is 1. The smallest absolute Gasteiger partial charge is 0.408 e. The molecule has 1 amide bonds. The molecule has 0 aliphatic carbocycles. The molecule has 2 N–H and O–H groups in total. The number of nitrogens with zero attached hydrogens (tertiary/aromatic N) is 1. The van der Waals surface area contributed by atoms with Gasteiger partial charge in [0.05, 0.1) is 18.7 Å². The number of pyridine rings is 1. The Balaban J connectivity index is 2.88. The second-order valence-corrected chi connectivity index (χ2v) is 5.19. The molecule has 1 heterocycles. The lowest BCUT2D eigenvalue weighted by Gasteiger charge is -2.23. The fourth-order valence-electron chi connectivity index (χ4n) is 1.53. The van der Waals surface area contributed by atoms with E-state index in [4.69, 9.17) is 9.84 Å². The summed E-state index contributed by atoms with van der Waals surface area (Å²) in [5.74, 6) is -1.85. The Bertz CT molecular complexity index is 499. The molecule has 7 heteroatoms. The maximum atomic E-state index is 13.6. The number of amides is 1. The summed E-state index contributed by atoms with van der Waals surface area (Å²) in [4.78, 5) is 26.1. The lowest BCUT2D eigenvalue weighted by atomic mass is 10.1. The fraction of sp³-hybridized carbons (Fsp3) is 0.462. The maximum absolute atomic E-state index is 13.6. The summed E-state index contributed by atoms with van der Waals surface area (Å²) in [6.45, 7) is 5.02. The van der Waals surface area contributed by atoms with Crippen LogP contribution in [0.4, 0.5) is 9.18 Å². The summed E-state index contributed by atoms with van der Waals surface area (Å²) >= 11 is 0. The molecule has 0 fully saturated rings. The number of halogens is 1. The number of carbonyl (C=O) groups excluding carboxylic acids is 1. The number of hydrogen-bond acceptors (Lipinski definition) is 4. The SMILES string of the molecule is CC(C)(C)OC(=O)N[C@H](CC(=O)O)c1ccncc1F.